The first kappa shape index (κ1) is 18.9. The number of ether oxygens (including phenoxy) is 1. The minimum absolute atomic E-state index is 0.0921. The van der Waals surface area contributed by atoms with Crippen LogP contribution in [0.25, 0.3) is 16.9 Å². The highest BCUT2D eigenvalue weighted by Gasteiger charge is 2.36. The van der Waals surface area contributed by atoms with Crippen LogP contribution in [-0.4, -0.2) is 27.2 Å². The maximum absolute atomic E-state index is 13.5. The zero-order chi connectivity index (χ0) is 19.6. The molecule has 0 saturated carbocycles. The lowest BCUT2D eigenvalue weighted by atomic mass is 10.1. The van der Waals surface area contributed by atoms with Crippen LogP contribution in [0.3, 0.4) is 0 Å². The molecule has 0 aliphatic rings. The molecule has 0 aliphatic heterocycles. The molecule has 142 valence electrons. The Bertz CT molecular complexity index is 963. The summed E-state index contributed by atoms with van der Waals surface area (Å²) in [6.07, 6.45) is -2.10. The molecule has 27 heavy (non-hydrogen) atoms. The molecule has 3 rings (SSSR count). The Balaban J connectivity index is 2.13. The number of hydrogen-bond acceptors (Lipinski definition) is 4. The van der Waals surface area contributed by atoms with Crippen molar-refractivity contribution in [1.82, 2.24) is 14.6 Å². The van der Waals surface area contributed by atoms with E-state index >= 15 is 0 Å². The van der Waals surface area contributed by atoms with Crippen molar-refractivity contribution >= 4 is 11.6 Å². The van der Waals surface area contributed by atoms with E-state index in [1.807, 2.05) is 13.8 Å². The number of unbranched alkanes of at least 4 members (excludes halogenated alkanes) is 1. The minimum Gasteiger partial charge on any atom is -0.462 e. The average Bonchev–Trinajstić information content (AvgIpc) is 3.04. The third kappa shape index (κ3) is 3.94. The van der Waals surface area contributed by atoms with E-state index in [4.69, 9.17) is 4.74 Å². The average molecular weight is 377 g/mol. The third-order valence-corrected chi connectivity index (χ3v) is 4.06. The molecular weight excluding hydrogens is 359 g/mol. The molecule has 0 aliphatic carbocycles. The van der Waals surface area contributed by atoms with Gasteiger partial charge in [-0.05, 0) is 19.4 Å². The van der Waals surface area contributed by atoms with Crippen molar-refractivity contribution in [3.63, 3.8) is 0 Å². The number of carbonyl (C=O) groups excluding carboxylic acids is 1. The predicted molar refractivity (Wildman–Crippen MR) is 93.4 cm³/mol. The first-order valence-corrected chi connectivity index (χ1v) is 8.51. The van der Waals surface area contributed by atoms with Gasteiger partial charge in [0.25, 0.3) is 0 Å². The van der Waals surface area contributed by atoms with Crippen molar-refractivity contribution in [2.45, 2.75) is 32.9 Å². The van der Waals surface area contributed by atoms with Crippen LogP contribution in [0.2, 0.25) is 0 Å². The van der Waals surface area contributed by atoms with Gasteiger partial charge in [-0.1, -0.05) is 43.2 Å². The van der Waals surface area contributed by atoms with Crippen molar-refractivity contribution in [3.8, 4) is 11.3 Å². The quantitative estimate of drug-likeness (QED) is 0.479. The van der Waals surface area contributed by atoms with Crippen molar-refractivity contribution in [2.24, 2.45) is 0 Å². The fourth-order valence-electron chi connectivity index (χ4n) is 2.57. The molecule has 0 saturated heterocycles. The number of esters is 1. The van der Waals surface area contributed by atoms with Crippen LogP contribution in [0.15, 0.2) is 36.5 Å². The second-order valence-electron chi connectivity index (χ2n) is 6.17. The smallest absolute Gasteiger partial charge is 0.433 e. The number of halogens is 3. The molecular formula is C19H18F3N3O2. The van der Waals surface area contributed by atoms with Crippen LogP contribution < -0.4 is 0 Å². The molecule has 5 nitrogen and oxygen atoms in total. The predicted octanol–water partition coefficient (Wildman–Crippen LogP) is 4.68. The zero-order valence-electron chi connectivity index (χ0n) is 14.9. The molecule has 0 radical (unpaired) electrons. The second-order valence-corrected chi connectivity index (χ2v) is 6.17. The van der Waals surface area contributed by atoms with Crippen LogP contribution in [0.1, 0.15) is 41.4 Å². The Hall–Kier alpha value is -2.90. The fourth-order valence-corrected chi connectivity index (χ4v) is 2.57. The minimum atomic E-state index is -4.66. The van der Waals surface area contributed by atoms with Crippen LogP contribution in [0.4, 0.5) is 13.2 Å². The van der Waals surface area contributed by atoms with E-state index in [2.05, 4.69) is 10.1 Å². The highest BCUT2D eigenvalue weighted by Crippen LogP contribution is 2.32. The van der Waals surface area contributed by atoms with E-state index in [1.165, 1.54) is 0 Å². The lowest BCUT2D eigenvalue weighted by molar-refractivity contribution is -0.142. The van der Waals surface area contributed by atoms with Crippen molar-refractivity contribution in [2.75, 3.05) is 6.61 Å². The number of fused-ring (bicyclic) bond motifs is 1. The largest absolute Gasteiger partial charge is 0.462 e. The van der Waals surface area contributed by atoms with Gasteiger partial charge in [0.15, 0.2) is 11.3 Å². The van der Waals surface area contributed by atoms with Gasteiger partial charge in [-0.2, -0.15) is 18.3 Å². The van der Waals surface area contributed by atoms with E-state index in [0.717, 1.165) is 24.2 Å². The Morgan fingerprint density at radius 3 is 2.56 bits per heavy atom. The van der Waals surface area contributed by atoms with Gasteiger partial charge in [-0.25, -0.2) is 14.3 Å². The van der Waals surface area contributed by atoms with E-state index in [0.29, 0.717) is 16.5 Å². The molecule has 2 heterocycles. The summed E-state index contributed by atoms with van der Waals surface area (Å²) in [6.45, 7) is 4.01. The maximum atomic E-state index is 13.5. The summed E-state index contributed by atoms with van der Waals surface area (Å²) in [5, 5.41) is 3.72. The number of alkyl halides is 3. The van der Waals surface area contributed by atoms with Gasteiger partial charge in [0.05, 0.1) is 18.5 Å². The van der Waals surface area contributed by atoms with Gasteiger partial charge in [0, 0.05) is 5.56 Å². The van der Waals surface area contributed by atoms with Gasteiger partial charge >= 0.3 is 12.1 Å². The topological polar surface area (TPSA) is 56.5 Å². The molecule has 0 N–H and O–H groups in total. The van der Waals surface area contributed by atoms with Crippen molar-refractivity contribution in [1.29, 1.82) is 0 Å². The van der Waals surface area contributed by atoms with Gasteiger partial charge in [0.1, 0.15) is 5.56 Å². The highest BCUT2D eigenvalue weighted by atomic mass is 19.4. The van der Waals surface area contributed by atoms with E-state index < -0.39 is 17.8 Å². The van der Waals surface area contributed by atoms with Gasteiger partial charge < -0.3 is 4.74 Å². The molecule has 0 atom stereocenters. The molecule has 0 spiro atoms. The number of aryl methyl sites for hydroxylation is 1. The van der Waals surface area contributed by atoms with Crippen molar-refractivity contribution < 1.29 is 22.7 Å². The SMILES string of the molecule is CCCCOC(=O)c1cnn2c(C(F)(F)F)cc(-c3ccc(C)cc3)nc12. The number of carbonyl (C=O) groups is 1. The van der Waals surface area contributed by atoms with E-state index in [-0.39, 0.29) is 23.5 Å². The van der Waals surface area contributed by atoms with E-state index in [9.17, 15) is 18.0 Å². The lowest BCUT2D eigenvalue weighted by Crippen LogP contribution is -2.14. The Morgan fingerprint density at radius 1 is 1.22 bits per heavy atom. The summed E-state index contributed by atoms with van der Waals surface area (Å²) in [7, 11) is 0. The highest BCUT2D eigenvalue weighted by molar-refractivity contribution is 5.96. The van der Waals surface area contributed by atoms with Crippen LogP contribution in [0, 0.1) is 6.92 Å². The van der Waals surface area contributed by atoms with Crippen LogP contribution in [-0.2, 0) is 10.9 Å². The number of benzene rings is 1. The maximum Gasteiger partial charge on any atom is 0.433 e. The first-order valence-electron chi connectivity index (χ1n) is 8.51. The standard InChI is InChI=1S/C19H18F3N3O2/c1-3-4-9-27-18(26)14-11-23-25-16(19(20,21)22)10-15(24-17(14)25)13-7-5-12(2)6-8-13/h5-8,10-11H,3-4,9H2,1-2H3. The van der Waals surface area contributed by atoms with Gasteiger partial charge in [-0.3, -0.25) is 0 Å². The summed E-state index contributed by atoms with van der Waals surface area (Å²) < 4.78 is 46.3. The van der Waals surface area contributed by atoms with Crippen LogP contribution >= 0.6 is 0 Å². The molecule has 2 aromatic heterocycles. The number of hydrogen-bond donors (Lipinski definition) is 0. The van der Waals surface area contributed by atoms with Crippen molar-refractivity contribution in [3.05, 3.63) is 53.3 Å². The number of aromatic nitrogens is 3. The molecule has 8 heteroatoms. The van der Waals surface area contributed by atoms with E-state index in [1.54, 1.807) is 24.3 Å². The Labute approximate surface area is 153 Å². The Kier molecular flexibility index (Phi) is 5.16. The van der Waals surface area contributed by atoms with Crippen LogP contribution in [0.5, 0.6) is 0 Å². The fraction of sp³-hybridized carbons (Fsp3) is 0.316. The van der Waals surface area contributed by atoms with Gasteiger partial charge in [-0.15, -0.1) is 0 Å². The third-order valence-electron chi connectivity index (χ3n) is 4.06. The molecule has 0 fully saturated rings. The summed E-state index contributed by atoms with van der Waals surface area (Å²) in [5.41, 5.74) is 0.321. The monoisotopic (exact) mass is 377 g/mol. The second kappa shape index (κ2) is 7.38. The molecule has 0 unspecified atom stereocenters. The molecule has 0 bridgehead atoms. The number of nitrogens with zero attached hydrogens (tertiary/aromatic N) is 3. The number of rotatable bonds is 5. The molecule has 1 aromatic carbocycles. The zero-order valence-corrected chi connectivity index (χ0v) is 14.9. The van der Waals surface area contributed by atoms with Gasteiger partial charge in [0.2, 0.25) is 0 Å². The molecule has 3 aromatic rings. The first-order chi connectivity index (χ1) is 12.8. The normalized spacial score (nSPS) is 11.7. The summed E-state index contributed by atoms with van der Waals surface area (Å²) in [4.78, 5) is 16.5. The molecule has 0 amide bonds. The summed E-state index contributed by atoms with van der Waals surface area (Å²) in [6, 6.07) is 7.86. The Morgan fingerprint density at radius 2 is 1.93 bits per heavy atom. The summed E-state index contributed by atoms with van der Waals surface area (Å²) in [5.74, 6) is -0.736. The lowest BCUT2D eigenvalue weighted by Gasteiger charge is -2.11. The summed E-state index contributed by atoms with van der Waals surface area (Å²) >= 11 is 0.